The average Bonchev–Trinajstić information content (AvgIpc) is 2.48. The van der Waals surface area contributed by atoms with Crippen molar-refractivity contribution in [2.75, 3.05) is 0 Å². The quantitative estimate of drug-likeness (QED) is 0.653. The highest BCUT2D eigenvalue weighted by Crippen LogP contribution is 2.30. The second-order valence-electron chi connectivity index (χ2n) is 4.04. The Balaban J connectivity index is 2.24. The van der Waals surface area contributed by atoms with Crippen LogP contribution in [0, 0.1) is 0 Å². The van der Waals surface area contributed by atoms with Gasteiger partial charge in [0.2, 0.25) is 5.88 Å². The Hall–Kier alpha value is -1.98. The van der Waals surface area contributed by atoms with Crippen LogP contribution in [0.5, 0.6) is 11.6 Å². The van der Waals surface area contributed by atoms with Gasteiger partial charge in [-0.2, -0.15) is 0 Å². The number of hydrogen-bond acceptors (Lipinski definition) is 4. The molecule has 1 amide bonds. The van der Waals surface area contributed by atoms with Crippen LogP contribution in [0.4, 0.5) is 0 Å². The van der Waals surface area contributed by atoms with Crippen molar-refractivity contribution in [2.24, 2.45) is 5.73 Å². The average molecular weight is 327 g/mol. The zero-order chi connectivity index (χ0) is 15.3. The van der Waals surface area contributed by atoms with Crippen LogP contribution in [-0.2, 0) is 4.79 Å². The number of carbonyl (C=O) groups is 1. The Morgan fingerprint density at radius 3 is 2.33 bits per heavy atom. The Bertz CT molecular complexity index is 552. The van der Waals surface area contributed by atoms with E-state index in [0.717, 1.165) is 0 Å². The molecule has 21 heavy (non-hydrogen) atoms. The van der Waals surface area contributed by atoms with E-state index in [1.165, 1.54) is 6.20 Å². The van der Waals surface area contributed by atoms with Gasteiger partial charge in [-0.25, -0.2) is 4.98 Å². The molecule has 0 spiro atoms. The molecule has 0 aliphatic carbocycles. The third-order valence-corrected chi connectivity index (χ3v) is 3.21. The van der Waals surface area contributed by atoms with E-state index in [0.29, 0.717) is 5.75 Å². The van der Waals surface area contributed by atoms with E-state index < -0.39 is 16.5 Å². The van der Waals surface area contributed by atoms with Gasteiger partial charge < -0.3 is 15.2 Å². The lowest BCUT2D eigenvalue weighted by atomic mass is 10.3. The molecule has 0 aliphatic heterocycles. The molecule has 1 unspecified atom stereocenters. The number of halogens is 2. The molecule has 0 bridgehead atoms. The molecule has 5 nitrogen and oxygen atoms in total. The number of primary amides is 1. The number of rotatable bonds is 6. The third kappa shape index (κ3) is 4.00. The summed E-state index contributed by atoms with van der Waals surface area (Å²) < 4.78 is 8.89. The second kappa shape index (κ2) is 6.65. The third-order valence-electron chi connectivity index (χ3n) is 2.48. The number of nitrogens with two attached hydrogens (primary N) is 1. The van der Waals surface area contributed by atoms with Crippen molar-refractivity contribution in [3.05, 3.63) is 54.7 Å². The van der Waals surface area contributed by atoms with Crippen LogP contribution in [0.2, 0.25) is 0 Å². The summed E-state index contributed by atoms with van der Waals surface area (Å²) in [4.78, 5) is 15.4. The first-order valence-corrected chi connectivity index (χ1v) is 6.73. The van der Waals surface area contributed by atoms with E-state index in [2.05, 4.69) is 4.98 Å². The van der Waals surface area contributed by atoms with Gasteiger partial charge in [0, 0.05) is 12.3 Å². The van der Waals surface area contributed by atoms with Crippen LogP contribution in [-0.4, -0.2) is 21.5 Å². The number of pyridine rings is 1. The summed E-state index contributed by atoms with van der Waals surface area (Å²) in [6, 6.07) is 13.6. The van der Waals surface area contributed by atoms with Crippen molar-refractivity contribution in [3.8, 4) is 11.6 Å². The predicted octanol–water partition coefficient (Wildman–Crippen LogP) is 2.52. The first-order valence-electron chi connectivity index (χ1n) is 5.97. The summed E-state index contributed by atoms with van der Waals surface area (Å²) in [7, 11) is 0. The number of carbonyl (C=O) groups excluding carboxylic acids is 1. The van der Waals surface area contributed by atoms with Gasteiger partial charge in [-0.05, 0) is 18.2 Å². The van der Waals surface area contributed by atoms with E-state index in [1.54, 1.807) is 42.5 Å². The summed E-state index contributed by atoms with van der Waals surface area (Å²) >= 11 is 11.9. The van der Waals surface area contributed by atoms with Gasteiger partial charge in [0.05, 0.1) is 0 Å². The minimum atomic E-state index is -2.08. The molecule has 110 valence electrons. The van der Waals surface area contributed by atoms with Gasteiger partial charge in [0.15, 0.2) is 0 Å². The molecule has 1 aromatic carbocycles. The van der Waals surface area contributed by atoms with Crippen LogP contribution >= 0.6 is 23.2 Å². The Labute approximate surface area is 131 Å². The first-order chi connectivity index (χ1) is 10.00. The van der Waals surface area contributed by atoms with Gasteiger partial charge in [-0.15, -0.1) is 0 Å². The van der Waals surface area contributed by atoms with Crippen molar-refractivity contribution < 1.29 is 14.3 Å². The van der Waals surface area contributed by atoms with E-state index in [9.17, 15) is 4.79 Å². The fourth-order valence-corrected chi connectivity index (χ4v) is 1.62. The lowest BCUT2D eigenvalue weighted by Gasteiger charge is -2.27. The molecule has 0 saturated heterocycles. The highest BCUT2D eigenvalue weighted by molar-refractivity contribution is 6.58. The minimum Gasteiger partial charge on any atom is -0.451 e. The number of benzene rings is 1. The fourth-order valence-electron chi connectivity index (χ4n) is 1.44. The summed E-state index contributed by atoms with van der Waals surface area (Å²) in [5.41, 5.74) is 5.20. The van der Waals surface area contributed by atoms with Crippen LogP contribution in [0.25, 0.3) is 0 Å². The molecule has 7 heteroatoms. The molecule has 2 aromatic rings. The molecule has 1 heterocycles. The van der Waals surface area contributed by atoms with Gasteiger partial charge in [0.1, 0.15) is 5.75 Å². The van der Waals surface area contributed by atoms with Crippen molar-refractivity contribution >= 4 is 29.1 Å². The van der Waals surface area contributed by atoms with Crippen LogP contribution in [0.3, 0.4) is 0 Å². The summed E-state index contributed by atoms with van der Waals surface area (Å²) in [6.45, 7) is 0. The molecule has 2 rings (SSSR count). The number of ether oxygens (including phenoxy) is 2. The summed E-state index contributed by atoms with van der Waals surface area (Å²) in [5, 5.41) is 0. The maximum Gasteiger partial charge on any atom is 0.284 e. The van der Waals surface area contributed by atoms with Crippen LogP contribution in [0.15, 0.2) is 54.7 Å². The molecule has 0 fully saturated rings. The molecule has 0 radical (unpaired) electrons. The topological polar surface area (TPSA) is 74.4 Å². The number of para-hydroxylation sites is 1. The monoisotopic (exact) mass is 326 g/mol. The lowest BCUT2D eigenvalue weighted by Crippen LogP contribution is -2.50. The van der Waals surface area contributed by atoms with Crippen molar-refractivity contribution in [1.82, 2.24) is 4.98 Å². The number of nitrogens with zero attached hydrogens (tertiary/aromatic N) is 1. The SMILES string of the molecule is NC(=O)C(Cl)(Cl)C(Oc1ccccc1)Oc1ccccn1. The first kappa shape index (κ1) is 15.4. The van der Waals surface area contributed by atoms with E-state index in [1.807, 2.05) is 6.07 Å². The standard InChI is InChI=1S/C14H12Cl2N2O3/c15-14(16,12(17)19)13(20-10-6-2-1-3-7-10)21-11-8-4-5-9-18-11/h1-9,13H,(H2,17,19). The second-order valence-corrected chi connectivity index (χ2v) is 5.42. The van der Waals surface area contributed by atoms with E-state index in [-0.39, 0.29) is 5.88 Å². The van der Waals surface area contributed by atoms with Crippen molar-refractivity contribution in [3.63, 3.8) is 0 Å². The predicted molar refractivity (Wildman–Crippen MR) is 79.4 cm³/mol. The zero-order valence-electron chi connectivity index (χ0n) is 10.8. The Morgan fingerprint density at radius 2 is 1.76 bits per heavy atom. The van der Waals surface area contributed by atoms with Gasteiger partial charge in [0.25, 0.3) is 16.5 Å². The summed E-state index contributed by atoms with van der Waals surface area (Å²) in [5.74, 6) is -0.363. The van der Waals surface area contributed by atoms with Crippen molar-refractivity contribution in [1.29, 1.82) is 0 Å². The van der Waals surface area contributed by atoms with Crippen LogP contribution in [0.1, 0.15) is 0 Å². The molecule has 2 N–H and O–H groups in total. The number of amides is 1. The highest BCUT2D eigenvalue weighted by Gasteiger charge is 2.45. The van der Waals surface area contributed by atoms with Crippen LogP contribution < -0.4 is 15.2 Å². The minimum absolute atomic E-state index is 0.199. The fraction of sp³-hybridized carbons (Fsp3) is 0.143. The zero-order valence-corrected chi connectivity index (χ0v) is 12.3. The Kier molecular flexibility index (Phi) is 4.88. The maximum atomic E-state index is 11.4. The lowest BCUT2D eigenvalue weighted by molar-refractivity contribution is -0.124. The smallest absolute Gasteiger partial charge is 0.284 e. The van der Waals surface area contributed by atoms with Crippen molar-refractivity contribution in [2.45, 2.75) is 10.6 Å². The van der Waals surface area contributed by atoms with Gasteiger partial charge in [-0.3, -0.25) is 4.79 Å². The molecule has 0 saturated carbocycles. The number of aromatic nitrogens is 1. The molecule has 1 aromatic heterocycles. The van der Waals surface area contributed by atoms with E-state index >= 15 is 0 Å². The highest BCUT2D eigenvalue weighted by atomic mass is 35.5. The van der Waals surface area contributed by atoms with Gasteiger partial charge in [-0.1, -0.05) is 47.5 Å². The molecule has 1 atom stereocenters. The number of alkyl halides is 2. The maximum absolute atomic E-state index is 11.4. The molecular weight excluding hydrogens is 315 g/mol. The normalized spacial score (nSPS) is 12.5. The van der Waals surface area contributed by atoms with E-state index in [4.69, 9.17) is 38.4 Å². The molecular formula is C14H12Cl2N2O3. The molecule has 0 aliphatic rings. The number of hydrogen-bond donors (Lipinski definition) is 1. The summed E-state index contributed by atoms with van der Waals surface area (Å²) in [6.07, 6.45) is 0.166. The largest absolute Gasteiger partial charge is 0.451 e. The Morgan fingerprint density at radius 1 is 1.10 bits per heavy atom. The van der Waals surface area contributed by atoms with Gasteiger partial charge >= 0.3 is 0 Å².